The van der Waals surface area contributed by atoms with Gasteiger partial charge in [0, 0.05) is 18.6 Å². The van der Waals surface area contributed by atoms with Gasteiger partial charge >= 0.3 is 6.03 Å². The molecule has 23 heavy (non-hydrogen) atoms. The molecule has 9 heteroatoms. The molecule has 1 aliphatic rings. The maximum atomic E-state index is 12.3. The van der Waals surface area contributed by atoms with Crippen LogP contribution in [0.1, 0.15) is 6.92 Å². The summed E-state index contributed by atoms with van der Waals surface area (Å²) in [6.45, 7) is 1.63. The number of halogens is 2. The number of nitrogens with zero attached hydrogens (tertiary/aromatic N) is 2. The highest BCUT2D eigenvalue weighted by Gasteiger charge is 2.47. The lowest BCUT2D eigenvalue weighted by atomic mass is 10.0. The highest BCUT2D eigenvalue weighted by Crippen LogP contribution is 2.26. The first-order valence-corrected chi connectivity index (χ1v) is 7.42. The molecule has 0 aromatic heterocycles. The van der Waals surface area contributed by atoms with Gasteiger partial charge in [-0.25, -0.2) is 4.79 Å². The first-order valence-electron chi connectivity index (χ1n) is 6.66. The third-order valence-electron chi connectivity index (χ3n) is 3.38. The Bertz CT molecular complexity index is 707. The Balaban J connectivity index is 2.28. The predicted molar refractivity (Wildman–Crippen MR) is 84.1 cm³/mol. The molecular weight excluding hydrogens is 345 g/mol. The van der Waals surface area contributed by atoms with Crippen molar-refractivity contribution in [1.82, 2.24) is 9.80 Å². The minimum absolute atomic E-state index is 0.0563. The summed E-state index contributed by atoms with van der Waals surface area (Å²) in [7, 11) is 1.22. The number of benzene rings is 1. The Morgan fingerprint density at radius 3 is 2.43 bits per heavy atom. The summed E-state index contributed by atoms with van der Waals surface area (Å²) in [4.78, 5) is 50.1. The highest BCUT2D eigenvalue weighted by atomic mass is 35.5. The molecular formula is C14H13Cl2N3O4. The molecule has 1 N–H and O–H groups in total. The second-order valence-corrected chi connectivity index (χ2v) is 5.65. The van der Waals surface area contributed by atoms with Gasteiger partial charge in [0.1, 0.15) is 0 Å². The molecule has 0 radical (unpaired) electrons. The molecule has 0 bridgehead atoms. The van der Waals surface area contributed by atoms with Gasteiger partial charge in [-0.1, -0.05) is 23.2 Å². The summed E-state index contributed by atoms with van der Waals surface area (Å²) in [5.41, 5.74) is 0.212. The third-order valence-corrected chi connectivity index (χ3v) is 3.92. The fourth-order valence-corrected chi connectivity index (χ4v) is 2.59. The van der Waals surface area contributed by atoms with Crippen LogP contribution >= 0.6 is 23.2 Å². The third kappa shape index (κ3) is 3.16. The number of barbiturate groups is 1. The number of urea groups is 1. The molecule has 1 fully saturated rings. The van der Waals surface area contributed by atoms with Crippen molar-refractivity contribution in [2.75, 3.05) is 18.9 Å². The average molecular weight is 358 g/mol. The molecule has 5 amide bonds. The zero-order valence-electron chi connectivity index (χ0n) is 12.3. The van der Waals surface area contributed by atoms with Crippen molar-refractivity contribution in [3.8, 4) is 0 Å². The van der Waals surface area contributed by atoms with Crippen molar-refractivity contribution in [1.29, 1.82) is 0 Å². The lowest BCUT2D eigenvalue weighted by Crippen LogP contribution is -2.60. The molecule has 0 spiro atoms. The van der Waals surface area contributed by atoms with Crippen LogP contribution in [0.4, 0.5) is 10.5 Å². The van der Waals surface area contributed by atoms with Crippen LogP contribution in [0.5, 0.6) is 0 Å². The first-order chi connectivity index (χ1) is 10.8. The van der Waals surface area contributed by atoms with Crippen LogP contribution in [0.15, 0.2) is 18.2 Å². The second-order valence-electron chi connectivity index (χ2n) is 4.81. The van der Waals surface area contributed by atoms with Gasteiger partial charge in [-0.15, -0.1) is 0 Å². The number of nitrogens with one attached hydrogen (secondary N) is 1. The molecule has 122 valence electrons. The molecule has 0 aliphatic carbocycles. The molecule has 1 aliphatic heterocycles. The zero-order valence-corrected chi connectivity index (χ0v) is 13.8. The standard InChI is InChI=1S/C14H13Cl2N3O4/c1-3-19-13(22)10(12(21)18(2)14(19)23)11(20)17-9-5-4-7(15)6-8(9)16/h4-6,10H,3H2,1-2H3,(H,17,20). The fourth-order valence-electron chi connectivity index (χ4n) is 2.14. The minimum atomic E-state index is -1.63. The summed E-state index contributed by atoms with van der Waals surface area (Å²) < 4.78 is 0. The lowest BCUT2D eigenvalue weighted by Gasteiger charge is -2.33. The van der Waals surface area contributed by atoms with E-state index >= 15 is 0 Å². The topological polar surface area (TPSA) is 86.8 Å². The molecule has 7 nitrogen and oxygen atoms in total. The molecule has 0 saturated carbocycles. The summed E-state index contributed by atoms with van der Waals surface area (Å²) in [5, 5.41) is 2.95. The van der Waals surface area contributed by atoms with Crippen molar-refractivity contribution in [2.45, 2.75) is 6.92 Å². The Kier molecular flexibility index (Phi) is 4.91. The molecule has 1 unspecified atom stereocenters. The van der Waals surface area contributed by atoms with Crippen molar-refractivity contribution in [2.24, 2.45) is 5.92 Å². The van der Waals surface area contributed by atoms with Crippen molar-refractivity contribution in [3.63, 3.8) is 0 Å². The monoisotopic (exact) mass is 357 g/mol. The summed E-state index contributed by atoms with van der Waals surface area (Å²) >= 11 is 11.7. The first kappa shape index (κ1) is 17.2. The van der Waals surface area contributed by atoms with Gasteiger partial charge in [-0.05, 0) is 25.1 Å². The number of carbonyl (C=O) groups excluding carboxylic acids is 4. The van der Waals surface area contributed by atoms with E-state index in [1.807, 2.05) is 0 Å². The summed E-state index contributed by atoms with van der Waals surface area (Å²) in [5.74, 6) is -4.23. The van der Waals surface area contributed by atoms with Crippen LogP contribution in [0.3, 0.4) is 0 Å². The number of anilines is 1. The van der Waals surface area contributed by atoms with Gasteiger partial charge in [0.05, 0.1) is 10.7 Å². The maximum Gasteiger partial charge on any atom is 0.333 e. The quantitative estimate of drug-likeness (QED) is 0.838. The minimum Gasteiger partial charge on any atom is -0.324 e. The van der Waals surface area contributed by atoms with Crippen LogP contribution in [0.25, 0.3) is 0 Å². The smallest absolute Gasteiger partial charge is 0.324 e. The van der Waals surface area contributed by atoms with Crippen LogP contribution in [0.2, 0.25) is 10.0 Å². The molecule has 2 rings (SSSR count). The highest BCUT2D eigenvalue weighted by molar-refractivity contribution is 6.37. The van der Waals surface area contributed by atoms with E-state index in [1.165, 1.54) is 25.2 Å². The van der Waals surface area contributed by atoms with E-state index in [4.69, 9.17) is 23.2 Å². The normalized spacial score (nSPS) is 18.4. The van der Waals surface area contributed by atoms with Gasteiger partial charge in [-0.2, -0.15) is 0 Å². The molecule has 1 aromatic carbocycles. The van der Waals surface area contributed by atoms with Gasteiger partial charge < -0.3 is 5.32 Å². The van der Waals surface area contributed by atoms with Crippen molar-refractivity contribution < 1.29 is 19.2 Å². The van der Waals surface area contributed by atoms with Gasteiger partial charge in [0.15, 0.2) is 5.92 Å². The Morgan fingerprint density at radius 1 is 1.22 bits per heavy atom. The molecule has 1 heterocycles. The number of amides is 5. The van der Waals surface area contributed by atoms with Crippen LogP contribution in [-0.2, 0) is 14.4 Å². The van der Waals surface area contributed by atoms with Gasteiger partial charge in [0.25, 0.3) is 11.8 Å². The van der Waals surface area contributed by atoms with Crippen LogP contribution in [-0.4, -0.2) is 47.1 Å². The predicted octanol–water partition coefficient (Wildman–Crippen LogP) is 1.99. The van der Waals surface area contributed by atoms with Crippen LogP contribution < -0.4 is 5.32 Å². The zero-order chi connectivity index (χ0) is 17.3. The average Bonchev–Trinajstić information content (AvgIpc) is 2.48. The van der Waals surface area contributed by atoms with E-state index in [1.54, 1.807) is 6.92 Å². The Morgan fingerprint density at radius 2 is 1.87 bits per heavy atom. The summed E-state index contributed by atoms with van der Waals surface area (Å²) in [6, 6.07) is 3.61. The van der Waals surface area contributed by atoms with Crippen molar-refractivity contribution >= 4 is 52.6 Å². The SMILES string of the molecule is CCN1C(=O)C(C(=O)Nc2ccc(Cl)cc2Cl)C(=O)N(C)C1=O. The van der Waals surface area contributed by atoms with Crippen LogP contribution in [0, 0.1) is 5.92 Å². The fraction of sp³-hybridized carbons (Fsp3) is 0.286. The van der Waals surface area contributed by atoms with E-state index in [9.17, 15) is 19.2 Å². The van der Waals surface area contributed by atoms with E-state index in [0.29, 0.717) is 5.02 Å². The maximum absolute atomic E-state index is 12.3. The number of rotatable bonds is 3. The number of hydrogen-bond acceptors (Lipinski definition) is 4. The van der Waals surface area contributed by atoms with Crippen molar-refractivity contribution in [3.05, 3.63) is 28.2 Å². The lowest BCUT2D eigenvalue weighted by molar-refractivity contribution is -0.151. The largest absolute Gasteiger partial charge is 0.333 e. The molecule has 1 atom stereocenters. The van der Waals surface area contributed by atoms with Gasteiger partial charge in [-0.3, -0.25) is 24.2 Å². The van der Waals surface area contributed by atoms with E-state index in [2.05, 4.69) is 5.32 Å². The number of carbonyl (C=O) groups is 4. The van der Waals surface area contributed by atoms with E-state index in [0.717, 1.165) is 9.80 Å². The Labute approximate surface area is 142 Å². The second kappa shape index (κ2) is 6.55. The summed E-state index contributed by atoms with van der Waals surface area (Å²) in [6.07, 6.45) is 0. The van der Waals surface area contributed by atoms with E-state index < -0.39 is 29.7 Å². The van der Waals surface area contributed by atoms with E-state index in [-0.39, 0.29) is 17.3 Å². The van der Waals surface area contributed by atoms with Gasteiger partial charge in [0.2, 0.25) is 5.91 Å². The molecule has 1 aromatic rings. The molecule has 1 saturated heterocycles. The Hall–Kier alpha value is -2.12. The number of hydrogen-bond donors (Lipinski definition) is 1. The number of imide groups is 2.